The summed E-state index contributed by atoms with van der Waals surface area (Å²) in [6.07, 6.45) is 3.84. The van der Waals surface area contributed by atoms with Crippen molar-refractivity contribution in [2.75, 3.05) is 40.4 Å². The zero-order chi connectivity index (χ0) is 29.3. The third-order valence-corrected chi connectivity index (χ3v) is 8.20. The minimum Gasteiger partial charge on any atom is -0.497 e. The van der Waals surface area contributed by atoms with Crippen LogP contribution in [0.5, 0.6) is 11.5 Å². The van der Waals surface area contributed by atoms with Gasteiger partial charge in [-0.1, -0.05) is 30.3 Å². The van der Waals surface area contributed by atoms with Gasteiger partial charge in [0.2, 0.25) is 0 Å². The quantitative estimate of drug-likeness (QED) is 0.346. The Morgan fingerprint density at radius 1 is 0.738 bits per heavy atom. The van der Waals surface area contributed by atoms with E-state index in [9.17, 15) is 9.59 Å². The van der Waals surface area contributed by atoms with Gasteiger partial charge in [-0.05, 0) is 79.3 Å². The number of carbonyl (C=O) groups is 2. The van der Waals surface area contributed by atoms with Crippen LogP contribution >= 0.6 is 0 Å². The summed E-state index contributed by atoms with van der Waals surface area (Å²) in [5, 5.41) is 3.24. The van der Waals surface area contributed by atoms with Gasteiger partial charge >= 0.3 is 5.97 Å². The number of likely N-dealkylation sites (tertiary alicyclic amines) is 2. The highest BCUT2D eigenvalue weighted by Crippen LogP contribution is 2.22. The molecule has 2 aliphatic rings. The minimum absolute atomic E-state index is 0.0397. The van der Waals surface area contributed by atoms with E-state index in [4.69, 9.17) is 14.2 Å². The van der Waals surface area contributed by atoms with Crippen LogP contribution in [0.3, 0.4) is 0 Å². The van der Waals surface area contributed by atoms with Crippen LogP contribution in [0.15, 0.2) is 72.8 Å². The molecule has 222 valence electrons. The van der Waals surface area contributed by atoms with E-state index in [1.54, 1.807) is 7.11 Å². The number of carbonyl (C=O) groups excluding carboxylic acids is 2. The lowest BCUT2D eigenvalue weighted by Gasteiger charge is -2.32. The number of esters is 1. The molecular weight excluding hydrogens is 530 g/mol. The molecule has 0 atom stereocenters. The van der Waals surface area contributed by atoms with E-state index in [0.717, 1.165) is 76.5 Å². The molecule has 3 aromatic carbocycles. The molecule has 0 saturated carbocycles. The molecule has 8 nitrogen and oxygen atoms in total. The Kier molecular flexibility index (Phi) is 10.1. The highest BCUT2D eigenvalue weighted by atomic mass is 16.5. The Labute approximate surface area is 248 Å². The maximum Gasteiger partial charge on any atom is 0.337 e. The summed E-state index contributed by atoms with van der Waals surface area (Å²) >= 11 is 0. The molecule has 8 heteroatoms. The zero-order valence-corrected chi connectivity index (χ0v) is 24.6. The Morgan fingerprint density at radius 3 is 1.93 bits per heavy atom. The summed E-state index contributed by atoms with van der Waals surface area (Å²) in [5.74, 6) is 1.26. The molecule has 1 N–H and O–H groups in total. The first-order valence-electron chi connectivity index (χ1n) is 14.8. The fourth-order valence-corrected chi connectivity index (χ4v) is 5.70. The third-order valence-electron chi connectivity index (χ3n) is 8.20. The van der Waals surface area contributed by atoms with E-state index in [1.807, 2.05) is 60.7 Å². The zero-order valence-electron chi connectivity index (χ0n) is 24.6. The third kappa shape index (κ3) is 8.11. The normalized spacial score (nSPS) is 17.0. The molecule has 2 aliphatic heterocycles. The van der Waals surface area contributed by atoms with Gasteiger partial charge in [0.25, 0.3) is 5.91 Å². The van der Waals surface area contributed by atoms with Gasteiger partial charge < -0.3 is 19.5 Å². The molecule has 0 spiro atoms. The molecule has 1 amide bonds. The van der Waals surface area contributed by atoms with Gasteiger partial charge in [0.15, 0.2) is 0 Å². The number of amides is 1. The van der Waals surface area contributed by atoms with E-state index < -0.39 is 0 Å². The molecule has 2 fully saturated rings. The minimum atomic E-state index is -0.317. The Morgan fingerprint density at radius 2 is 1.33 bits per heavy atom. The largest absolute Gasteiger partial charge is 0.497 e. The van der Waals surface area contributed by atoms with E-state index in [1.165, 1.54) is 18.2 Å². The van der Waals surface area contributed by atoms with Crippen LogP contribution in [0.1, 0.15) is 57.5 Å². The number of piperidine rings is 2. The topological polar surface area (TPSA) is 80.3 Å². The number of rotatable bonds is 10. The molecular formula is C34H41N3O5. The molecule has 42 heavy (non-hydrogen) atoms. The van der Waals surface area contributed by atoms with Crippen LogP contribution in [0.4, 0.5) is 0 Å². The Balaban J connectivity index is 1.04. The number of ether oxygens (including phenoxy) is 3. The van der Waals surface area contributed by atoms with Gasteiger partial charge in [0.1, 0.15) is 17.6 Å². The van der Waals surface area contributed by atoms with Gasteiger partial charge in [0.05, 0.1) is 19.8 Å². The molecule has 2 saturated heterocycles. The van der Waals surface area contributed by atoms with Crippen molar-refractivity contribution in [3.63, 3.8) is 0 Å². The SMILES string of the molecule is COC(=O)c1ccc(CN2CCC(Oc3cccc(C(=O)NC4CCN(Cc5ccc(OC)cc5)CC4)c3)CC2)cc1. The van der Waals surface area contributed by atoms with Crippen LogP contribution in [0.25, 0.3) is 0 Å². The maximum atomic E-state index is 13.1. The van der Waals surface area contributed by atoms with Crippen LogP contribution in [0.2, 0.25) is 0 Å². The van der Waals surface area contributed by atoms with Gasteiger partial charge in [-0.15, -0.1) is 0 Å². The molecule has 3 aromatic rings. The highest BCUT2D eigenvalue weighted by molar-refractivity contribution is 5.94. The summed E-state index contributed by atoms with van der Waals surface area (Å²) < 4.78 is 16.3. The molecule has 5 rings (SSSR count). The van der Waals surface area contributed by atoms with E-state index in [2.05, 4.69) is 27.2 Å². The first kappa shape index (κ1) is 29.6. The Bertz CT molecular complexity index is 1310. The summed E-state index contributed by atoms with van der Waals surface area (Å²) in [6.45, 7) is 5.52. The molecule has 0 aliphatic carbocycles. The van der Waals surface area contributed by atoms with Crippen molar-refractivity contribution in [3.8, 4) is 11.5 Å². The van der Waals surface area contributed by atoms with Crippen LogP contribution in [-0.2, 0) is 17.8 Å². The average molecular weight is 572 g/mol. The van der Waals surface area contributed by atoms with Crippen molar-refractivity contribution in [1.29, 1.82) is 0 Å². The first-order valence-corrected chi connectivity index (χ1v) is 14.8. The van der Waals surface area contributed by atoms with Crippen molar-refractivity contribution in [3.05, 3.63) is 95.1 Å². The maximum absolute atomic E-state index is 13.1. The smallest absolute Gasteiger partial charge is 0.337 e. The molecule has 0 bridgehead atoms. The first-order chi connectivity index (χ1) is 20.5. The van der Waals surface area contributed by atoms with Crippen LogP contribution in [-0.4, -0.2) is 74.2 Å². The molecule has 0 unspecified atom stereocenters. The van der Waals surface area contributed by atoms with Gasteiger partial charge in [-0.3, -0.25) is 14.6 Å². The van der Waals surface area contributed by atoms with E-state index in [0.29, 0.717) is 11.1 Å². The number of hydrogen-bond donors (Lipinski definition) is 1. The fourth-order valence-electron chi connectivity index (χ4n) is 5.70. The van der Waals surface area contributed by atoms with Crippen molar-refractivity contribution < 1.29 is 23.8 Å². The molecule has 2 heterocycles. The second-order valence-electron chi connectivity index (χ2n) is 11.2. The summed E-state index contributed by atoms with van der Waals surface area (Å²) in [4.78, 5) is 29.5. The monoisotopic (exact) mass is 571 g/mol. The molecule has 0 aromatic heterocycles. The fraction of sp³-hybridized carbons (Fsp3) is 0.412. The predicted octanol–water partition coefficient (Wildman–Crippen LogP) is 4.92. The summed E-state index contributed by atoms with van der Waals surface area (Å²) in [5.41, 5.74) is 3.65. The van der Waals surface area contributed by atoms with Crippen molar-refractivity contribution >= 4 is 11.9 Å². The van der Waals surface area contributed by atoms with Crippen LogP contribution in [0, 0.1) is 0 Å². The lowest BCUT2D eigenvalue weighted by Crippen LogP contribution is -2.44. The van der Waals surface area contributed by atoms with Crippen molar-refractivity contribution in [1.82, 2.24) is 15.1 Å². The number of nitrogens with zero attached hydrogens (tertiary/aromatic N) is 2. The van der Waals surface area contributed by atoms with Gasteiger partial charge in [-0.2, -0.15) is 0 Å². The van der Waals surface area contributed by atoms with Crippen molar-refractivity contribution in [2.24, 2.45) is 0 Å². The standard InChI is InChI=1S/C34H41N3O5/c1-40-30-12-8-26(9-13-30)24-36-18-14-29(15-19-36)35-33(38)28-4-3-5-32(22-28)42-31-16-20-37(21-17-31)23-25-6-10-27(11-7-25)34(39)41-2/h3-13,22,29,31H,14-21,23-24H2,1-2H3,(H,35,38). The Hall–Kier alpha value is -3.88. The summed E-state index contributed by atoms with van der Waals surface area (Å²) in [7, 11) is 3.07. The number of hydrogen-bond acceptors (Lipinski definition) is 7. The average Bonchev–Trinajstić information content (AvgIpc) is 3.03. The lowest BCUT2D eigenvalue weighted by atomic mass is 10.0. The highest BCUT2D eigenvalue weighted by Gasteiger charge is 2.23. The van der Waals surface area contributed by atoms with E-state index in [-0.39, 0.29) is 24.0 Å². The lowest BCUT2D eigenvalue weighted by molar-refractivity contribution is 0.0600. The molecule has 0 radical (unpaired) electrons. The van der Waals surface area contributed by atoms with E-state index >= 15 is 0 Å². The number of methoxy groups -OCH3 is 2. The second-order valence-corrected chi connectivity index (χ2v) is 11.2. The van der Waals surface area contributed by atoms with Crippen molar-refractivity contribution in [2.45, 2.75) is 50.9 Å². The second kappa shape index (κ2) is 14.3. The predicted molar refractivity (Wildman–Crippen MR) is 162 cm³/mol. The number of benzene rings is 3. The van der Waals surface area contributed by atoms with Gasteiger partial charge in [0, 0.05) is 50.9 Å². The number of nitrogens with one attached hydrogen (secondary N) is 1. The van der Waals surface area contributed by atoms with Crippen LogP contribution < -0.4 is 14.8 Å². The summed E-state index contributed by atoms with van der Waals surface area (Å²) in [6, 6.07) is 23.5. The van der Waals surface area contributed by atoms with Gasteiger partial charge in [-0.25, -0.2) is 4.79 Å².